The van der Waals surface area contributed by atoms with Crippen LogP contribution in [-0.4, -0.2) is 16.0 Å². The Bertz CT molecular complexity index is 1020. The quantitative estimate of drug-likeness (QED) is 0.436. The number of unbranched alkanes of at least 4 members (excludes halogenated alkanes) is 1. The molecule has 4 nitrogen and oxygen atoms in total. The second-order valence-corrected chi connectivity index (χ2v) is 7.24. The van der Waals surface area contributed by atoms with Gasteiger partial charge in [-0.15, -0.1) is 0 Å². The number of hydrogen-bond donors (Lipinski definition) is 1. The largest absolute Gasteiger partial charge is 0.443 e. The van der Waals surface area contributed by atoms with Gasteiger partial charge in [-0.3, -0.25) is 4.98 Å². The Hall–Kier alpha value is -2.72. The van der Waals surface area contributed by atoms with Crippen LogP contribution < -0.4 is 5.32 Å². The average Bonchev–Trinajstić information content (AvgIpc) is 3.17. The molecule has 4 rings (SSSR count). The molecular formula is C23H25N3O. The Balaban J connectivity index is 1.20. The van der Waals surface area contributed by atoms with Gasteiger partial charge in [0.05, 0.1) is 0 Å². The van der Waals surface area contributed by atoms with Crippen LogP contribution in [0, 0.1) is 0 Å². The summed E-state index contributed by atoms with van der Waals surface area (Å²) >= 11 is 0. The van der Waals surface area contributed by atoms with Gasteiger partial charge in [0.25, 0.3) is 0 Å². The van der Waals surface area contributed by atoms with Crippen LogP contribution in [0.25, 0.3) is 21.9 Å². The number of fused-ring (bicyclic) bond motifs is 2. The first-order chi connectivity index (χ1) is 13.3. The summed E-state index contributed by atoms with van der Waals surface area (Å²) in [5, 5.41) is 6.09. The van der Waals surface area contributed by atoms with Crippen molar-refractivity contribution in [1.29, 1.82) is 0 Å². The van der Waals surface area contributed by atoms with E-state index in [1.54, 1.807) is 0 Å². The molecule has 0 aliphatic rings. The number of oxazole rings is 1. The molecule has 1 N–H and O–H groups in total. The Kier molecular flexibility index (Phi) is 5.45. The van der Waals surface area contributed by atoms with E-state index in [4.69, 9.17) is 4.42 Å². The fraction of sp³-hybridized carbons (Fsp3) is 0.304. The molecule has 2 aromatic carbocycles. The summed E-state index contributed by atoms with van der Waals surface area (Å²) in [6, 6.07) is 15.5. The highest BCUT2D eigenvalue weighted by Gasteiger charge is 2.04. The standard InChI is InChI=1S/C23H25N3O/c1-17(25-14-19-6-8-21-15-24-11-10-20(21)12-19)4-2-3-5-18-7-9-23-22(13-18)26-16-27-23/h6-13,15-17,25H,2-5,14H2,1H3/t17-/m1/s1. The molecule has 4 aromatic rings. The maximum absolute atomic E-state index is 5.29. The molecule has 0 radical (unpaired) electrons. The number of benzene rings is 2. The van der Waals surface area contributed by atoms with Crippen molar-refractivity contribution in [3.05, 3.63) is 72.4 Å². The van der Waals surface area contributed by atoms with Crippen LogP contribution in [0.15, 0.2) is 65.7 Å². The monoisotopic (exact) mass is 359 g/mol. The van der Waals surface area contributed by atoms with Crippen LogP contribution in [0.4, 0.5) is 0 Å². The summed E-state index contributed by atoms with van der Waals surface area (Å²) in [5.74, 6) is 0. The lowest BCUT2D eigenvalue weighted by molar-refractivity contribution is 0.489. The highest BCUT2D eigenvalue weighted by Crippen LogP contribution is 2.17. The van der Waals surface area contributed by atoms with Crippen molar-refractivity contribution in [2.45, 2.75) is 45.2 Å². The number of pyridine rings is 1. The molecule has 27 heavy (non-hydrogen) atoms. The lowest BCUT2D eigenvalue weighted by Crippen LogP contribution is -2.25. The number of hydrogen-bond acceptors (Lipinski definition) is 4. The van der Waals surface area contributed by atoms with E-state index in [0.717, 1.165) is 24.1 Å². The van der Waals surface area contributed by atoms with Gasteiger partial charge in [-0.1, -0.05) is 24.6 Å². The zero-order chi connectivity index (χ0) is 18.5. The topological polar surface area (TPSA) is 51.0 Å². The number of nitrogens with zero attached hydrogens (tertiary/aromatic N) is 2. The molecule has 0 saturated carbocycles. The van der Waals surface area contributed by atoms with Crippen LogP contribution in [-0.2, 0) is 13.0 Å². The highest BCUT2D eigenvalue weighted by atomic mass is 16.3. The van der Waals surface area contributed by atoms with Gasteiger partial charge in [-0.2, -0.15) is 0 Å². The van der Waals surface area contributed by atoms with Crippen LogP contribution in [0.2, 0.25) is 0 Å². The predicted molar refractivity (Wildman–Crippen MR) is 110 cm³/mol. The number of rotatable bonds is 8. The Morgan fingerprint density at radius 2 is 1.93 bits per heavy atom. The second-order valence-electron chi connectivity index (χ2n) is 7.24. The number of aromatic nitrogens is 2. The molecule has 0 spiro atoms. The van der Waals surface area contributed by atoms with Crippen LogP contribution in [0.5, 0.6) is 0 Å². The van der Waals surface area contributed by atoms with E-state index in [1.807, 2.05) is 18.5 Å². The van der Waals surface area contributed by atoms with E-state index >= 15 is 0 Å². The molecule has 0 fully saturated rings. The molecule has 0 aliphatic carbocycles. The van der Waals surface area contributed by atoms with Gasteiger partial charge in [-0.25, -0.2) is 4.98 Å². The SMILES string of the molecule is C[C@H](CCCCc1ccc2ocnc2c1)NCc1ccc2cnccc2c1. The first-order valence-corrected chi connectivity index (χ1v) is 9.66. The summed E-state index contributed by atoms with van der Waals surface area (Å²) in [6.07, 6.45) is 9.96. The Labute approximate surface area is 159 Å². The van der Waals surface area contributed by atoms with E-state index in [9.17, 15) is 0 Å². The Morgan fingerprint density at radius 1 is 1.00 bits per heavy atom. The molecule has 0 unspecified atom stereocenters. The first-order valence-electron chi connectivity index (χ1n) is 9.66. The minimum atomic E-state index is 0.510. The molecular weight excluding hydrogens is 334 g/mol. The van der Waals surface area contributed by atoms with Gasteiger partial charge in [0.2, 0.25) is 0 Å². The van der Waals surface area contributed by atoms with E-state index in [0.29, 0.717) is 6.04 Å². The van der Waals surface area contributed by atoms with Crippen molar-refractivity contribution in [2.75, 3.05) is 0 Å². The maximum atomic E-state index is 5.29. The van der Waals surface area contributed by atoms with Crippen molar-refractivity contribution >= 4 is 21.9 Å². The third-order valence-electron chi connectivity index (χ3n) is 5.11. The zero-order valence-electron chi connectivity index (χ0n) is 15.7. The lowest BCUT2D eigenvalue weighted by atomic mass is 10.0. The molecule has 0 saturated heterocycles. The highest BCUT2D eigenvalue weighted by molar-refractivity contribution is 5.82. The predicted octanol–water partition coefficient (Wildman–Crippen LogP) is 5.27. The van der Waals surface area contributed by atoms with Gasteiger partial charge < -0.3 is 9.73 Å². The van der Waals surface area contributed by atoms with Crippen molar-refractivity contribution < 1.29 is 4.42 Å². The van der Waals surface area contributed by atoms with Gasteiger partial charge >= 0.3 is 0 Å². The molecule has 0 aliphatic heterocycles. The van der Waals surface area contributed by atoms with E-state index in [2.05, 4.69) is 58.6 Å². The average molecular weight is 359 g/mol. The Morgan fingerprint density at radius 3 is 2.89 bits per heavy atom. The summed E-state index contributed by atoms with van der Waals surface area (Å²) in [5.41, 5.74) is 4.47. The number of aryl methyl sites for hydroxylation is 1. The summed E-state index contributed by atoms with van der Waals surface area (Å²) in [4.78, 5) is 8.40. The minimum Gasteiger partial charge on any atom is -0.443 e. The van der Waals surface area contributed by atoms with Gasteiger partial charge in [0, 0.05) is 30.4 Å². The third kappa shape index (κ3) is 4.52. The normalized spacial score (nSPS) is 12.6. The van der Waals surface area contributed by atoms with Crippen molar-refractivity contribution in [2.24, 2.45) is 0 Å². The van der Waals surface area contributed by atoms with E-state index in [1.165, 1.54) is 47.6 Å². The smallest absolute Gasteiger partial charge is 0.181 e. The third-order valence-corrected chi connectivity index (χ3v) is 5.11. The van der Waals surface area contributed by atoms with Crippen LogP contribution >= 0.6 is 0 Å². The molecule has 0 amide bonds. The molecule has 2 aromatic heterocycles. The number of nitrogens with one attached hydrogen (secondary N) is 1. The van der Waals surface area contributed by atoms with Gasteiger partial charge in [0.15, 0.2) is 12.0 Å². The van der Waals surface area contributed by atoms with Gasteiger partial charge in [-0.05, 0) is 67.0 Å². The van der Waals surface area contributed by atoms with Gasteiger partial charge in [0.1, 0.15) is 5.52 Å². The van der Waals surface area contributed by atoms with Crippen LogP contribution in [0.1, 0.15) is 37.3 Å². The molecule has 4 heteroatoms. The van der Waals surface area contributed by atoms with Crippen LogP contribution in [0.3, 0.4) is 0 Å². The fourth-order valence-corrected chi connectivity index (χ4v) is 3.48. The fourth-order valence-electron chi connectivity index (χ4n) is 3.48. The molecule has 2 heterocycles. The van der Waals surface area contributed by atoms with E-state index < -0.39 is 0 Å². The van der Waals surface area contributed by atoms with Crippen molar-refractivity contribution in [3.63, 3.8) is 0 Å². The molecule has 138 valence electrons. The first kappa shape index (κ1) is 17.7. The molecule has 0 bridgehead atoms. The summed E-state index contributed by atoms with van der Waals surface area (Å²) in [7, 11) is 0. The minimum absolute atomic E-state index is 0.510. The molecule has 1 atom stereocenters. The lowest BCUT2D eigenvalue weighted by Gasteiger charge is -2.14. The summed E-state index contributed by atoms with van der Waals surface area (Å²) < 4.78 is 5.29. The zero-order valence-corrected chi connectivity index (χ0v) is 15.7. The van der Waals surface area contributed by atoms with Crippen molar-refractivity contribution in [3.8, 4) is 0 Å². The van der Waals surface area contributed by atoms with E-state index in [-0.39, 0.29) is 0 Å². The van der Waals surface area contributed by atoms with Crippen molar-refractivity contribution in [1.82, 2.24) is 15.3 Å². The summed E-state index contributed by atoms with van der Waals surface area (Å²) in [6.45, 7) is 3.18. The second kappa shape index (κ2) is 8.31. The maximum Gasteiger partial charge on any atom is 0.181 e.